The molecule has 0 saturated carbocycles. The zero-order valence-corrected chi connectivity index (χ0v) is 11.0. The van der Waals surface area contributed by atoms with E-state index in [1.807, 2.05) is 55.9 Å². The Bertz CT molecular complexity index is 416. The lowest BCUT2D eigenvalue weighted by Gasteiger charge is -2.08. The van der Waals surface area contributed by atoms with Gasteiger partial charge in [-0.15, -0.1) is 0 Å². The molecule has 0 bridgehead atoms. The molecule has 0 saturated heterocycles. The minimum Gasteiger partial charge on any atom is -0.383 e. The van der Waals surface area contributed by atoms with Crippen LogP contribution in [0.3, 0.4) is 0 Å². The van der Waals surface area contributed by atoms with Crippen LogP contribution in [0, 0.1) is 0 Å². The second-order valence-electron chi connectivity index (χ2n) is 4.15. The SMILES string of the molecule is CN(C)C=C(C=[N+](C)C)c1cccc(Cl)c1. The maximum atomic E-state index is 5.99. The number of hydrogen-bond acceptors (Lipinski definition) is 1. The van der Waals surface area contributed by atoms with Gasteiger partial charge in [-0.3, -0.25) is 0 Å². The van der Waals surface area contributed by atoms with E-state index in [0.29, 0.717) is 0 Å². The summed E-state index contributed by atoms with van der Waals surface area (Å²) in [7, 11) is 8.03. The molecular formula is C13H18ClN2+. The van der Waals surface area contributed by atoms with Crippen LogP contribution in [0.25, 0.3) is 5.57 Å². The first-order chi connectivity index (χ1) is 7.49. The van der Waals surface area contributed by atoms with E-state index in [0.717, 1.165) is 16.2 Å². The summed E-state index contributed by atoms with van der Waals surface area (Å²) >= 11 is 5.99. The van der Waals surface area contributed by atoms with Crippen LogP contribution in [0.1, 0.15) is 5.56 Å². The van der Waals surface area contributed by atoms with Crippen molar-refractivity contribution < 1.29 is 4.58 Å². The van der Waals surface area contributed by atoms with E-state index < -0.39 is 0 Å². The molecule has 1 rings (SSSR count). The fourth-order valence-electron chi connectivity index (χ4n) is 1.41. The van der Waals surface area contributed by atoms with Crippen LogP contribution in [-0.4, -0.2) is 43.9 Å². The summed E-state index contributed by atoms with van der Waals surface area (Å²) in [5.41, 5.74) is 2.26. The Hall–Kier alpha value is -1.28. The summed E-state index contributed by atoms with van der Waals surface area (Å²) in [6.07, 6.45) is 4.15. The predicted octanol–water partition coefficient (Wildman–Crippen LogP) is 2.59. The molecule has 0 radical (unpaired) electrons. The van der Waals surface area contributed by atoms with Crippen LogP contribution in [0.2, 0.25) is 5.02 Å². The van der Waals surface area contributed by atoms with Crippen molar-refractivity contribution in [1.29, 1.82) is 0 Å². The van der Waals surface area contributed by atoms with Gasteiger partial charge in [0.1, 0.15) is 14.1 Å². The van der Waals surface area contributed by atoms with Crippen LogP contribution in [0.5, 0.6) is 0 Å². The molecule has 0 aliphatic heterocycles. The van der Waals surface area contributed by atoms with Crippen LogP contribution in [-0.2, 0) is 0 Å². The Morgan fingerprint density at radius 3 is 2.50 bits per heavy atom. The smallest absolute Gasteiger partial charge is 0.172 e. The quantitative estimate of drug-likeness (QED) is 0.579. The average molecular weight is 238 g/mol. The third-order valence-corrected chi connectivity index (χ3v) is 2.19. The Balaban J connectivity index is 3.17. The summed E-state index contributed by atoms with van der Waals surface area (Å²) in [5.74, 6) is 0. The van der Waals surface area contributed by atoms with Gasteiger partial charge < -0.3 is 4.90 Å². The molecule has 1 aromatic rings. The number of nitrogens with zero attached hydrogens (tertiary/aromatic N) is 2. The van der Waals surface area contributed by atoms with E-state index in [-0.39, 0.29) is 0 Å². The van der Waals surface area contributed by atoms with Gasteiger partial charge in [-0.05, 0) is 17.7 Å². The molecule has 16 heavy (non-hydrogen) atoms. The Labute approximate surface area is 102 Å². The number of allylic oxidation sites excluding steroid dienone is 1. The monoisotopic (exact) mass is 237 g/mol. The van der Waals surface area contributed by atoms with E-state index in [9.17, 15) is 0 Å². The number of hydrogen-bond donors (Lipinski definition) is 0. The van der Waals surface area contributed by atoms with Gasteiger partial charge in [0, 0.05) is 25.3 Å². The van der Waals surface area contributed by atoms with Crippen molar-refractivity contribution in [2.24, 2.45) is 0 Å². The zero-order valence-electron chi connectivity index (χ0n) is 10.2. The van der Waals surface area contributed by atoms with Crippen molar-refractivity contribution in [3.63, 3.8) is 0 Å². The lowest BCUT2D eigenvalue weighted by atomic mass is 10.1. The molecule has 1 aromatic carbocycles. The Morgan fingerprint density at radius 1 is 1.31 bits per heavy atom. The molecule has 3 heteroatoms. The molecule has 0 heterocycles. The lowest BCUT2D eigenvalue weighted by molar-refractivity contribution is -0.458. The third kappa shape index (κ3) is 4.07. The first-order valence-corrected chi connectivity index (χ1v) is 5.52. The van der Waals surface area contributed by atoms with Crippen molar-refractivity contribution in [2.75, 3.05) is 28.2 Å². The van der Waals surface area contributed by atoms with Crippen LogP contribution in [0.15, 0.2) is 30.5 Å². The highest BCUT2D eigenvalue weighted by atomic mass is 35.5. The molecule has 0 aliphatic carbocycles. The van der Waals surface area contributed by atoms with Crippen LogP contribution >= 0.6 is 11.6 Å². The van der Waals surface area contributed by atoms with Gasteiger partial charge in [-0.25, -0.2) is 4.58 Å². The van der Waals surface area contributed by atoms with Crippen LogP contribution < -0.4 is 0 Å². The fraction of sp³-hybridized carbons (Fsp3) is 0.308. The predicted molar refractivity (Wildman–Crippen MR) is 71.3 cm³/mol. The van der Waals surface area contributed by atoms with E-state index in [1.165, 1.54) is 0 Å². The van der Waals surface area contributed by atoms with Gasteiger partial charge in [0.15, 0.2) is 6.21 Å². The summed E-state index contributed by atoms with van der Waals surface area (Å²) in [6.45, 7) is 0. The topological polar surface area (TPSA) is 6.25 Å². The van der Waals surface area contributed by atoms with Crippen molar-refractivity contribution in [1.82, 2.24) is 4.90 Å². The summed E-state index contributed by atoms with van der Waals surface area (Å²) in [5, 5.41) is 0.759. The average Bonchev–Trinajstić information content (AvgIpc) is 2.15. The fourth-order valence-corrected chi connectivity index (χ4v) is 1.60. The van der Waals surface area contributed by atoms with E-state index in [4.69, 9.17) is 11.6 Å². The Morgan fingerprint density at radius 2 is 2.00 bits per heavy atom. The second-order valence-corrected chi connectivity index (χ2v) is 4.59. The molecule has 86 valence electrons. The second kappa shape index (κ2) is 5.71. The summed E-state index contributed by atoms with van der Waals surface area (Å²) in [6, 6.07) is 7.87. The normalized spacial score (nSPS) is 11.2. The van der Waals surface area contributed by atoms with Crippen molar-refractivity contribution in [3.05, 3.63) is 41.1 Å². The summed E-state index contributed by atoms with van der Waals surface area (Å²) in [4.78, 5) is 2.02. The van der Waals surface area contributed by atoms with Crippen molar-refractivity contribution >= 4 is 23.4 Å². The molecule has 0 aliphatic rings. The molecular weight excluding hydrogens is 220 g/mol. The van der Waals surface area contributed by atoms with E-state index in [1.54, 1.807) is 0 Å². The van der Waals surface area contributed by atoms with Gasteiger partial charge in [0.25, 0.3) is 0 Å². The standard InChI is InChI=1S/C13H18ClN2/c1-15(2)9-12(10-16(3)4)11-6-5-7-13(14)8-11/h5-10H,1-4H3/q+1. The molecule has 0 atom stereocenters. The molecule has 0 aromatic heterocycles. The van der Waals surface area contributed by atoms with Crippen LogP contribution in [0.4, 0.5) is 0 Å². The molecule has 0 N–H and O–H groups in total. The minimum atomic E-state index is 0.759. The number of halogens is 1. The van der Waals surface area contributed by atoms with Crippen molar-refractivity contribution in [2.45, 2.75) is 0 Å². The first kappa shape index (κ1) is 12.8. The Kier molecular flexibility index (Phi) is 4.56. The van der Waals surface area contributed by atoms with Gasteiger partial charge >= 0.3 is 0 Å². The zero-order chi connectivity index (χ0) is 12.1. The molecule has 2 nitrogen and oxygen atoms in total. The highest BCUT2D eigenvalue weighted by Crippen LogP contribution is 2.17. The van der Waals surface area contributed by atoms with Gasteiger partial charge in [-0.2, -0.15) is 0 Å². The maximum Gasteiger partial charge on any atom is 0.172 e. The van der Waals surface area contributed by atoms with Gasteiger partial charge in [0.05, 0.1) is 5.57 Å². The molecule has 0 spiro atoms. The third-order valence-electron chi connectivity index (χ3n) is 1.95. The van der Waals surface area contributed by atoms with E-state index in [2.05, 4.69) is 18.5 Å². The highest BCUT2D eigenvalue weighted by Gasteiger charge is 2.04. The van der Waals surface area contributed by atoms with Crippen molar-refractivity contribution in [3.8, 4) is 0 Å². The number of rotatable bonds is 3. The summed E-state index contributed by atoms with van der Waals surface area (Å²) < 4.78 is 2.02. The van der Waals surface area contributed by atoms with Gasteiger partial charge in [-0.1, -0.05) is 23.7 Å². The first-order valence-electron chi connectivity index (χ1n) is 5.14. The number of benzene rings is 1. The largest absolute Gasteiger partial charge is 0.383 e. The van der Waals surface area contributed by atoms with Gasteiger partial charge in [0.2, 0.25) is 0 Å². The lowest BCUT2D eigenvalue weighted by Crippen LogP contribution is -2.07. The maximum absolute atomic E-state index is 5.99. The molecule has 0 unspecified atom stereocenters. The highest BCUT2D eigenvalue weighted by molar-refractivity contribution is 6.30. The molecule has 0 amide bonds. The molecule has 0 fully saturated rings. The van der Waals surface area contributed by atoms with E-state index >= 15 is 0 Å². The minimum absolute atomic E-state index is 0.759.